The normalized spacial score (nSPS) is 10.3. The fourth-order valence-corrected chi connectivity index (χ4v) is 1.70. The molecule has 0 aliphatic heterocycles. The highest BCUT2D eigenvalue weighted by Crippen LogP contribution is 2.20. The minimum Gasteiger partial charge on any atom is -0.397 e. The molecule has 0 aliphatic rings. The fraction of sp³-hybridized carbons (Fsp3) is 0.231. The first-order valence-electron chi connectivity index (χ1n) is 5.88. The third-order valence-electron chi connectivity index (χ3n) is 2.68. The van der Waals surface area contributed by atoms with Crippen molar-refractivity contribution in [2.24, 2.45) is 5.84 Å². The Morgan fingerprint density at radius 1 is 1.22 bits per heavy atom. The Hall–Kier alpha value is -2.14. The highest BCUT2D eigenvalue weighted by atomic mass is 15.4. The number of aromatic nitrogens is 2. The maximum Gasteiger partial charge on any atom is 0.149 e. The number of hydrazine groups is 1. The molecule has 0 saturated heterocycles. The maximum absolute atomic E-state index is 5.99. The quantitative estimate of drug-likeness (QED) is 0.483. The Labute approximate surface area is 106 Å². The summed E-state index contributed by atoms with van der Waals surface area (Å²) in [4.78, 5) is 8.62. The van der Waals surface area contributed by atoms with Crippen molar-refractivity contribution in [1.29, 1.82) is 0 Å². The highest BCUT2D eigenvalue weighted by molar-refractivity contribution is 5.66. The van der Waals surface area contributed by atoms with Gasteiger partial charge in [-0.2, -0.15) is 0 Å². The van der Waals surface area contributed by atoms with E-state index in [1.54, 1.807) is 11.2 Å². The van der Waals surface area contributed by atoms with Crippen LogP contribution in [0.1, 0.15) is 18.4 Å². The van der Waals surface area contributed by atoms with Gasteiger partial charge < -0.3 is 10.7 Å². The molecule has 5 nitrogen and oxygen atoms in total. The van der Waals surface area contributed by atoms with Crippen LogP contribution in [0.3, 0.4) is 0 Å². The van der Waals surface area contributed by atoms with Crippen molar-refractivity contribution in [2.75, 3.05) is 10.7 Å². The van der Waals surface area contributed by atoms with Crippen molar-refractivity contribution in [3.05, 3.63) is 48.0 Å². The first kappa shape index (κ1) is 12.3. The van der Waals surface area contributed by atoms with E-state index in [9.17, 15) is 0 Å². The summed E-state index contributed by atoms with van der Waals surface area (Å²) in [5.41, 5.74) is 8.30. The molecule has 0 radical (unpaired) electrons. The molecule has 0 amide bonds. The molecule has 0 atom stereocenters. The molecule has 0 fully saturated rings. The Bertz CT molecular complexity index is 526. The van der Waals surface area contributed by atoms with Gasteiger partial charge in [-0.25, -0.2) is 15.8 Å². The smallest absolute Gasteiger partial charge is 0.149 e. The average Bonchev–Trinajstić information content (AvgIpc) is 2.39. The summed E-state index contributed by atoms with van der Waals surface area (Å²) in [6.07, 6.45) is 2.64. The van der Waals surface area contributed by atoms with Crippen LogP contribution in [-0.2, 0) is 13.0 Å². The Kier molecular flexibility index (Phi) is 3.74. The Morgan fingerprint density at radius 3 is 2.72 bits per heavy atom. The van der Waals surface area contributed by atoms with E-state index in [4.69, 9.17) is 11.6 Å². The number of hydrogen-bond donors (Lipinski definition) is 2. The van der Waals surface area contributed by atoms with Crippen LogP contribution in [0.2, 0.25) is 0 Å². The first-order chi connectivity index (χ1) is 8.70. The summed E-state index contributed by atoms with van der Waals surface area (Å²) in [6.45, 7) is 2.49. The zero-order valence-electron chi connectivity index (χ0n) is 10.4. The van der Waals surface area contributed by atoms with Crippen molar-refractivity contribution in [3.63, 3.8) is 0 Å². The van der Waals surface area contributed by atoms with E-state index in [1.807, 2.05) is 30.3 Å². The summed E-state index contributed by atoms with van der Waals surface area (Å²) < 4.78 is 0. The number of nitrogens with zero attached hydrogens (tertiary/aromatic N) is 3. The molecule has 0 saturated carbocycles. The van der Waals surface area contributed by atoms with Gasteiger partial charge in [0, 0.05) is 11.9 Å². The van der Waals surface area contributed by atoms with E-state index in [0.29, 0.717) is 18.1 Å². The van der Waals surface area contributed by atoms with E-state index in [2.05, 4.69) is 16.9 Å². The molecule has 94 valence electrons. The van der Waals surface area contributed by atoms with Gasteiger partial charge in [-0.05, 0) is 24.6 Å². The molecule has 0 spiro atoms. The summed E-state index contributed by atoms with van der Waals surface area (Å²) in [7, 11) is 0. The summed E-state index contributed by atoms with van der Waals surface area (Å²) in [5.74, 6) is 6.69. The Morgan fingerprint density at radius 2 is 2.00 bits per heavy atom. The van der Waals surface area contributed by atoms with Crippen LogP contribution in [-0.4, -0.2) is 9.97 Å². The standard InChI is InChI=1S/C13H17N5/c1-2-10-7-8-16-13(17-10)9-18(15)12-6-4-3-5-11(12)14/h3-8H,2,9,14-15H2,1H3. The van der Waals surface area contributed by atoms with Crippen LogP contribution in [0.15, 0.2) is 36.5 Å². The molecular weight excluding hydrogens is 226 g/mol. The largest absolute Gasteiger partial charge is 0.397 e. The second kappa shape index (κ2) is 5.46. The van der Waals surface area contributed by atoms with Gasteiger partial charge in [0.1, 0.15) is 5.82 Å². The number of benzene rings is 1. The molecule has 1 aromatic carbocycles. The lowest BCUT2D eigenvalue weighted by Crippen LogP contribution is -2.31. The third-order valence-corrected chi connectivity index (χ3v) is 2.68. The van der Waals surface area contributed by atoms with Gasteiger partial charge in [0.15, 0.2) is 0 Å². The zero-order chi connectivity index (χ0) is 13.0. The predicted octanol–water partition coefficient (Wildman–Crippen LogP) is 1.50. The molecule has 0 bridgehead atoms. The topological polar surface area (TPSA) is 81.1 Å². The van der Waals surface area contributed by atoms with E-state index in [1.165, 1.54) is 0 Å². The zero-order valence-corrected chi connectivity index (χ0v) is 10.4. The molecule has 0 unspecified atom stereocenters. The highest BCUT2D eigenvalue weighted by Gasteiger charge is 2.07. The molecule has 2 aromatic rings. The van der Waals surface area contributed by atoms with E-state index < -0.39 is 0 Å². The van der Waals surface area contributed by atoms with Crippen molar-refractivity contribution in [1.82, 2.24) is 9.97 Å². The molecular formula is C13H17N5. The van der Waals surface area contributed by atoms with E-state index >= 15 is 0 Å². The molecule has 1 aromatic heterocycles. The second-order valence-electron chi connectivity index (χ2n) is 4.00. The summed E-state index contributed by atoms with van der Waals surface area (Å²) >= 11 is 0. The van der Waals surface area contributed by atoms with Crippen LogP contribution in [0.25, 0.3) is 0 Å². The van der Waals surface area contributed by atoms with Gasteiger partial charge in [0.2, 0.25) is 0 Å². The van der Waals surface area contributed by atoms with Crippen molar-refractivity contribution in [2.45, 2.75) is 19.9 Å². The van der Waals surface area contributed by atoms with Gasteiger partial charge >= 0.3 is 0 Å². The minimum atomic E-state index is 0.433. The number of hydrogen-bond acceptors (Lipinski definition) is 5. The number of nitrogens with two attached hydrogens (primary N) is 2. The van der Waals surface area contributed by atoms with Crippen LogP contribution < -0.4 is 16.6 Å². The van der Waals surface area contributed by atoms with Crippen molar-refractivity contribution < 1.29 is 0 Å². The minimum absolute atomic E-state index is 0.433. The predicted molar refractivity (Wildman–Crippen MR) is 72.6 cm³/mol. The van der Waals surface area contributed by atoms with Gasteiger partial charge in [0.05, 0.1) is 17.9 Å². The summed E-state index contributed by atoms with van der Waals surface area (Å²) in [5, 5.41) is 1.56. The molecule has 5 heteroatoms. The molecule has 18 heavy (non-hydrogen) atoms. The lowest BCUT2D eigenvalue weighted by atomic mass is 10.2. The van der Waals surface area contributed by atoms with Crippen molar-refractivity contribution in [3.8, 4) is 0 Å². The van der Waals surface area contributed by atoms with Crippen LogP contribution in [0.5, 0.6) is 0 Å². The van der Waals surface area contributed by atoms with Crippen LogP contribution in [0.4, 0.5) is 11.4 Å². The lowest BCUT2D eigenvalue weighted by molar-refractivity contribution is 0.780. The summed E-state index contributed by atoms with van der Waals surface area (Å²) in [6, 6.07) is 9.37. The molecule has 2 rings (SSSR count). The van der Waals surface area contributed by atoms with Crippen molar-refractivity contribution >= 4 is 11.4 Å². The van der Waals surface area contributed by atoms with Gasteiger partial charge in [0.25, 0.3) is 0 Å². The SMILES string of the molecule is CCc1ccnc(CN(N)c2ccccc2N)n1. The third kappa shape index (κ3) is 2.75. The molecule has 4 N–H and O–H groups in total. The first-order valence-corrected chi connectivity index (χ1v) is 5.88. The van der Waals surface area contributed by atoms with Gasteiger partial charge in [-0.15, -0.1) is 0 Å². The number of aryl methyl sites for hydroxylation is 1. The number of rotatable bonds is 4. The van der Waals surface area contributed by atoms with Crippen LogP contribution in [0, 0.1) is 0 Å². The van der Waals surface area contributed by atoms with Gasteiger partial charge in [-0.3, -0.25) is 0 Å². The average molecular weight is 243 g/mol. The monoisotopic (exact) mass is 243 g/mol. The number of anilines is 2. The lowest BCUT2D eigenvalue weighted by Gasteiger charge is -2.19. The van der Waals surface area contributed by atoms with E-state index in [-0.39, 0.29) is 0 Å². The number of nitrogen functional groups attached to an aromatic ring is 1. The van der Waals surface area contributed by atoms with E-state index in [0.717, 1.165) is 17.8 Å². The Balaban J connectivity index is 2.16. The van der Waals surface area contributed by atoms with Crippen LogP contribution >= 0.6 is 0 Å². The van der Waals surface area contributed by atoms with Gasteiger partial charge in [-0.1, -0.05) is 19.1 Å². The second-order valence-corrected chi connectivity index (χ2v) is 4.00. The molecule has 1 heterocycles. The fourth-order valence-electron chi connectivity index (χ4n) is 1.70. The maximum atomic E-state index is 5.99. The molecule has 0 aliphatic carbocycles. The number of para-hydroxylation sites is 2.